The summed E-state index contributed by atoms with van der Waals surface area (Å²) in [6.07, 6.45) is 0.810. The predicted molar refractivity (Wildman–Crippen MR) is 59.4 cm³/mol. The highest BCUT2D eigenvalue weighted by molar-refractivity contribution is 5.20. The summed E-state index contributed by atoms with van der Waals surface area (Å²) in [7, 11) is 0. The minimum Gasteiger partial charge on any atom is -0.326 e. The Hall–Kier alpha value is -1.00. The predicted octanol–water partition coefficient (Wildman–Crippen LogP) is 1.81. The lowest BCUT2D eigenvalue weighted by Gasteiger charge is -2.23. The van der Waals surface area contributed by atoms with Gasteiger partial charge in [-0.15, -0.1) is 0 Å². The molecule has 0 saturated carbocycles. The van der Waals surface area contributed by atoms with E-state index in [9.17, 15) is 8.78 Å². The van der Waals surface area contributed by atoms with Gasteiger partial charge in [-0.3, -0.25) is 4.90 Å². The van der Waals surface area contributed by atoms with Crippen molar-refractivity contribution in [2.75, 3.05) is 19.6 Å². The fourth-order valence-electron chi connectivity index (χ4n) is 2.06. The van der Waals surface area contributed by atoms with Crippen molar-refractivity contribution in [1.82, 2.24) is 4.90 Å². The summed E-state index contributed by atoms with van der Waals surface area (Å²) in [4.78, 5) is 1.73. The number of hydrogen-bond donors (Lipinski definition) is 1. The Balaban J connectivity index is 2.03. The van der Waals surface area contributed by atoms with Crippen molar-refractivity contribution in [2.24, 2.45) is 5.73 Å². The highest BCUT2D eigenvalue weighted by Crippen LogP contribution is 2.29. The van der Waals surface area contributed by atoms with E-state index in [1.54, 1.807) is 23.1 Å². The van der Waals surface area contributed by atoms with Crippen molar-refractivity contribution < 1.29 is 8.78 Å². The Morgan fingerprint density at radius 1 is 1.31 bits per heavy atom. The van der Waals surface area contributed by atoms with Crippen LogP contribution in [-0.4, -0.2) is 30.6 Å². The topological polar surface area (TPSA) is 29.3 Å². The number of likely N-dealkylation sites (tertiary alicyclic amines) is 1. The molecule has 1 aliphatic rings. The molecule has 4 heteroatoms. The normalized spacial score (nSPS) is 22.6. The molecule has 0 bridgehead atoms. The Morgan fingerprint density at radius 3 is 2.56 bits per heavy atom. The van der Waals surface area contributed by atoms with Crippen LogP contribution in [0.15, 0.2) is 30.3 Å². The lowest BCUT2D eigenvalue weighted by atomic mass is 10.1. The number of benzene rings is 1. The Kier molecular flexibility index (Phi) is 3.21. The van der Waals surface area contributed by atoms with E-state index in [0.29, 0.717) is 13.1 Å². The van der Waals surface area contributed by atoms with Crippen molar-refractivity contribution in [3.8, 4) is 0 Å². The summed E-state index contributed by atoms with van der Waals surface area (Å²) in [5.74, 6) is -2.79. The Morgan fingerprint density at radius 2 is 2.00 bits per heavy atom. The first-order valence-corrected chi connectivity index (χ1v) is 5.49. The zero-order chi connectivity index (χ0) is 11.6. The van der Waals surface area contributed by atoms with Crippen molar-refractivity contribution in [1.29, 1.82) is 0 Å². The molecule has 0 aromatic heterocycles. The number of halogens is 2. The number of rotatable bonds is 3. The first kappa shape index (κ1) is 11.5. The van der Waals surface area contributed by atoms with E-state index < -0.39 is 5.92 Å². The number of nitrogens with zero attached hydrogens (tertiary/aromatic N) is 1. The van der Waals surface area contributed by atoms with Crippen molar-refractivity contribution >= 4 is 0 Å². The minimum atomic E-state index is -2.79. The zero-order valence-corrected chi connectivity index (χ0v) is 9.07. The zero-order valence-electron chi connectivity index (χ0n) is 9.07. The molecule has 1 atom stereocenters. The van der Waals surface area contributed by atoms with Gasteiger partial charge < -0.3 is 5.73 Å². The quantitative estimate of drug-likeness (QED) is 0.851. The van der Waals surface area contributed by atoms with Gasteiger partial charge in [-0.1, -0.05) is 30.3 Å². The van der Waals surface area contributed by atoms with Crippen LogP contribution in [0.3, 0.4) is 0 Å². The van der Waals surface area contributed by atoms with Crippen LogP contribution in [-0.2, 0) is 5.92 Å². The second kappa shape index (κ2) is 4.47. The molecule has 2 rings (SSSR count). The molecule has 0 amide bonds. The number of alkyl halides is 2. The molecule has 0 spiro atoms. The van der Waals surface area contributed by atoms with E-state index in [0.717, 1.165) is 6.42 Å². The average Bonchev–Trinajstić information content (AvgIpc) is 2.64. The van der Waals surface area contributed by atoms with Crippen LogP contribution in [0.5, 0.6) is 0 Å². The molecule has 2 N–H and O–H groups in total. The van der Waals surface area contributed by atoms with Crippen LogP contribution in [0, 0.1) is 0 Å². The third-order valence-electron chi connectivity index (χ3n) is 2.93. The first-order valence-electron chi connectivity index (χ1n) is 5.49. The van der Waals surface area contributed by atoms with Gasteiger partial charge in [-0.05, 0) is 13.0 Å². The van der Waals surface area contributed by atoms with Gasteiger partial charge in [0, 0.05) is 18.2 Å². The fourth-order valence-corrected chi connectivity index (χ4v) is 2.06. The van der Waals surface area contributed by atoms with E-state index in [2.05, 4.69) is 0 Å². The maximum absolute atomic E-state index is 13.9. The SMILES string of the molecule is NC1CCN(CC(F)(F)c2ccccc2)C1. The van der Waals surface area contributed by atoms with Gasteiger partial charge in [0.2, 0.25) is 0 Å². The molecule has 1 heterocycles. The monoisotopic (exact) mass is 226 g/mol. The van der Waals surface area contributed by atoms with E-state index in [1.807, 2.05) is 0 Å². The summed E-state index contributed by atoms with van der Waals surface area (Å²) in [5, 5.41) is 0. The summed E-state index contributed by atoms with van der Waals surface area (Å²) in [5.41, 5.74) is 5.78. The molecule has 16 heavy (non-hydrogen) atoms. The van der Waals surface area contributed by atoms with Gasteiger partial charge in [0.25, 0.3) is 5.92 Å². The number of hydrogen-bond acceptors (Lipinski definition) is 2. The summed E-state index contributed by atoms with van der Waals surface area (Å²) in [6, 6.07) is 8.00. The summed E-state index contributed by atoms with van der Waals surface area (Å²) >= 11 is 0. The van der Waals surface area contributed by atoms with E-state index in [-0.39, 0.29) is 18.2 Å². The molecule has 2 nitrogen and oxygen atoms in total. The van der Waals surface area contributed by atoms with Gasteiger partial charge in [-0.25, -0.2) is 0 Å². The van der Waals surface area contributed by atoms with E-state index in [4.69, 9.17) is 5.73 Å². The highest BCUT2D eigenvalue weighted by Gasteiger charge is 2.35. The van der Waals surface area contributed by atoms with Crippen LogP contribution in [0.2, 0.25) is 0 Å². The first-order chi connectivity index (χ1) is 7.58. The summed E-state index contributed by atoms with van der Waals surface area (Å²) in [6.45, 7) is 1.01. The van der Waals surface area contributed by atoms with Gasteiger partial charge in [0.05, 0.1) is 6.54 Å². The van der Waals surface area contributed by atoms with Gasteiger partial charge in [0.15, 0.2) is 0 Å². The molecule has 1 saturated heterocycles. The molecule has 0 aliphatic carbocycles. The van der Waals surface area contributed by atoms with Crippen molar-refractivity contribution in [2.45, 2.75) is 18.4 Å². The third kappa shape index (κ3) is 2.57. The smallest absolute Gasteiger partial charge is 0.285 e. The van der Waals surface area contributed by atoms with Gasteiger partial charge in [0.1, 0.15) is 0 Å². The molecule has 1 aliphatic heterocycles. The molecule has 1 aromatic rings. The van der Waals surface area contributed by atoms with Crippen LogP contribution < -0.4 is 5.73 Å². The second-order valence-electron chi connectivity index (χ2n) is 4.35. The van der Waals surface area contributed by atoms with Crippen LogP contribution in [0.25, 0.3) is 0 Å². The van der Waals surface area contributed by atoms with E-state index >= 15 is 0 Å². The second-order valence-corrected chi connectivity index (χ2v) is 4.35. The Labute approximate surface area is 94.0 Å². The standard InChI is InChI=1S/C12H16F2N2/c13-12(14,10-4-2-1-3-5-10)9-16-7-6-11(15)8-16/h1-5,11H,6-9,15H2. The van der Waals surface area contributed by atoms with E-state index in [1.165, 1.54) is 12.1 Å². The maximum atomic E-state index is 13.9. The van der Waals surface area contributed by atoms with Gasteiger partial charge >= 0.3 is 0 Å². The number of nitrogens with two attached hydrogens (primary N) is 1. The molecular formula is C12H16F2N2. The van der Waals surface area contributed by atoms with Crippen LogP contribution in [0.1, 0.15) is 12.0 Å². The molecule has 1 aromatic carbocycles. The highest BCUT2D eigenvalue weighted by atomic mass is 19.3. The fraction of sp³-hybridized carbons (Fsp3) is 0.500. The van der Waals surface area contributed by atoms with Gasteiger partial charge in [-0.2, -0.15) is 8.78 Å². The van der Waals surface area contributed by atoms with Crippen LogP contribution in [0.4, 0.5) is 8.78 Å². The lowest BCUT2D eigenvalue weighted by molar-refractivity contribution is -0.0329. The maximum Gasteiger partial charge on any atom is 0.285 e. The van der Waals surface area contributed by atoms with Crippen LogP contribution >= 0.6 is 0 Å². The van der Waals surface area contributed by atoms with Crippen molar-refractivity contribution in [3.05, 3.63) is 35.9 Å². The summed E-state index contributed by atoms with van der Waals surface area (Å²) < 4.78 is 27.7. The van der Waals surface area contributed by atoms with Crippen molar-refractivity contribution in [3.63, 3.8) is 0 Å². The average molecular weight is 226 g/mol. The largest absolute Gasteiger partial charge is 0.326 e. The molecule has 88 valence electrons. The Bertz CT molecular complexity index is 340. The minimum absolute atomic E-state index is 0.0478. The molecular weight excluding hydrogens is 210 g/mol. The molecule has 0 radical (unpaired) electrons. The molecule has 1 fully saturated rings. The third-order valence-corrected chi connectivity index (χ3v) is 2.93. The molecule has 1 unspecified atom stereocenters. The lowest BCUT2D eigenvalue weighted by Crippen LogP contribution is -2.35.